The number of amides is 4. The van der Waals surface area contributed by atoms with Crippen LogP contribution >= 0.6 is 0 Å². The molecule has 1 aromatic rings. The van der Waals surface area contributed by atoms with Gasteiger partial charge in [0, 0.05) is 25.4 Å². The third kappa shape index (κ3) is 10.3. The highest BCUT2D eigenvalue weighted by molar-refractivity contribution is 6.39. The van der Waals surface area contributed by atoms with E-state index >= 15 is 0 Å². The minimum atomic E-state index is -1.01. The number of hydrogen-bond donors (Lipinski definition) is 3. The second-order valence-electron chi connectivity index (χ2n) is 14.1. The molecule has 0 aromatic carbocycles. The number of hydrogen-bond acceptors (Lipinski definition) is 8. The Morgan fingerprint density at radius 3 is 2.34 bits per heavy atom. The van der Waals surface area contributed by atoms with Gasteiger partial charge in [0.1, 0.15) is 23.8 Å². The van der Waals surface area contributed by atoms with Crippen molar-refractivity contribution < 1.29 is 28.8 Å². The molecule has 0 bridgehead atoms. The third-order valence-electron chi connectivity index (χ3n) is 9.04. The fourth-order valence-corrected chi connectivity index (χ4v) is 6.46. The number of rotatable bonds is 15. The highest BCUT2D eigenvalue weighted by Gasteiger charge is 2.45. The molecule has 0 radical (unpaired) electrons. The summed E-state index contributed by atoms with van der Waals surface area (Å²) >= 11 is 0. The Hall–Kier alpha value is -3.96. The maximum Gasteiger partial charge on any atom is 0.272 e. The van der Waals surface area contributed by atoms with Gasteiger partial charge in [-0.2, -0.15) is 0 Å². The molecule has 12 heteroatoms. The van der Waals surface area contributed by atoms with Crippen LogP contribution in [0.15, 0.2) is 31.2 Å². The van der Waals surface area contributed by atoms with E-state index in [1.165, 1.54) is 23.5 Å². The van der Waals surface area contributed by atoms with E-state index in [4.69, 9.17) is 0 Å². The minimum Gasteiger partial charge on any atom is -0.344 e. The summed E-state index contributed by atoms with van der Waals surface area (Å²) < 4.78 is 0. The van der Waals surface area contributed by atoms with Crippen LogP contribution in [-0.2, 0) is 24.0 Å². The van der Waals surface area contributed by atoms with Crippen LogP contribution in [0, 0.1) is 17.3 Å². The summed E-state index contributed by atoms with van der Waals surface area (Å²) in [6, 6.07) is -3.76. The second kappa shape index (κ2) is 17.3. The zero-order valence-electron chi connectivity index (χ0n) is 28.5. The zero-order valence-corrected chi connectivity index (χ0v) is 28.5. The first-order chi connectivity index (χ1) is 22.3. The van der Waals surface area contributed by atoms with Crippen molar-refractivity contribution in [3.05, 3.63) is 36.9 Å². The van der Waals surface area contributed by atoms with Crippen molar-refractivity contribution in [1.82, 2.24) is 30.8 Å². The lowest BCUT2D eigenvalue weighted by molar-refractivity contribution is -0.145. The Morgan fingerprint density at radius 1 is 1.04 bits per heavy atom. The number of nitrogens with one attached hydrogen (secondary N) is 3. The number of aromatic nitrogens is 2. The Labute approximate surface area is 278 Å². The van der Waals surface area contributed by atoms with Crippen molar-refractivity contribution in [2.75, 3.05) is 6.54 Å². The normalized spacial score (nSPS) is 20.4. The molecular formula is C35H52N6O6. The Balaban J connectivity index is 1.82. The van der Waals surface area contributed by atoms with Crippen LogP contribution in [-0.4, -0.2) is 80.8 Å². The first-order valence-electron chi connectivity index (χ1n) is 16.9. The van der Waals surface area contributed by atoms with Gasteiger partial charge in [-0.05, 0) is 49.4 Å². The summed E-state index contributed by atoms with van der Waals surface area (Å²) in [5, 5.41) is 8.58. The van der Waals surface area contributed by atoms with E-state index < -0.39 is 64.8 Å². The molecule has 1 saturated carbocycles. The molecule has 3 rings (SSSR count). The van der Waals surface area contributed by atoms with E-state index in [0.717, 1.165) is 32.1 Å². The Kier molecular flexibility index (Phi) is 13.8. The second-order valence-corrected chi connectivity index (χ2v) is 14.1. The van der Waals surface area contributed by atoms with E-state index in [2.05, 4.69) is 32.5 Å². The van der Waals surface area contributed by atoms with E-state index in [1.807, 2.05) is 34.6 Å². The standard InChI is InChI=1S/C35H52N6O6/c1-7-9-16-27(42)29(43)24(13-8-2)38-32(45)26-19-22(3)21-41(26)34(47)30(35(4,5)6)40-33(46)28(23-14-11-10-12-15-23)39-31(44)25-20-36-17-18-37-25/h7,17-18,20,22-24,26,28,30H,1,8-16,19,21H2,2-6H3,(H,38,45)(H,39,44)(H,40,46)/t22-,24+,26+,28+,30-/m1/s1. The number of likely N-dealkylation sites (tertiary alicyclic amines) is 1. The molecule has 1 aliphatic carbocycles. The Morgan fingerprint density at radius 2 is 1.74 bits per heavy atom. The van der Waals surface area contributed by atoms with Gasteiger partial charge in [-0.25, -0.2) is 4.98 Å². The molecule has 2 aliphatic rings. The summed E-state index contributed by atoms with van der Waals surface area (Å²) in [6.45, 7) is 13.2. The lowest BCUT2D eigenvalue weighted by Gasteiger charge is -2.37. The molecule has 1 saturated heterocycles. The third-order valence-corrected chi connectivity index (χ3v) is 9.04. The van der Waals surface area contributed by atoms with Gasteiger partial charge >= 0.3 is 0 Å². The van der Waals surface area contributed by atoms with Crippen molar-refractivity contribution in [3.8, 4) is 0 Å². The molecule has 47 heavy (non-hydrogen) atoms. The van der Waals surface area contributed by atoms with Crippen molar-refractivity contribution in [3.63, 3.8) is 0 Å². The van der Waals surface area contributed by atoms with E-state index in [-0.39, 0.29) is 24.0 Å². The summed E-state index contributed by atoms with van der Waals surface area (Å²) in [5.41, 5.74) is -0.657. The average Bonchev–Trinajstić information content (AvgIpc) is 3.45. The fraction of sp³-hybridized carbons (Fsp3) is 0.657. The number of carbonyl (C=O) groups excluding carboxylic acids is 6. The summed E-state index contributed by atoms with van der Waals surface area (Å²) in [6.07, 6.45) is 11.8. The van der Waals surface area contributed by atoms with Crippen LogP contribution in [0.1, 0.15) is 109 Å². The lowest BCUT2D eigenvalue weighted by Crippen LogP contribution is -2.61. The molecule has 5 atom stereocenters. The van der Waals surface area contributed by atoms with Crippen molar-refractivity contribution in [2.24, 2.45) is 17.3 Å². The van der Waals surface area contributed by atoms with Crippen LogP contribution in [0.2, 0.25) is 0 Å². The summed E-state index contributed by atoms with van der Waals surface area (Å²) in [4.78, 5) is 90.0. The lowest BCUT2D eigenvalue weighted by atomic mass is 9.82. The summed E-state index contributed by atoms with van der Waals surface area (Å²) in [7, 11) is 0. The maximum absolute atomic E-state index is 14.3. The van der Waals surface area contributed by atoms with E-state index in [1.54, 1.807) is 6.08 Å². The van der Waals surface area contributed by atoms with Crippen LogP contribution in [0.3, 0.4) is 0 Å². The van der Waals surface area contributed by atoms with Crippen LogP contribution < -0.4 is 16.0 Å². The van der Waals surface area contributed by atoms with Crippen LogP contribution in [0.5, 0.6) is 0 Å². The topological polar surface area (TPSA) is 168 Å². The number of carbonyl (C=O) groups is 6. The molecule has 1 aromatic heterocycles. The average molecular weight is 653 g/mol. The van der Waals surface area contributed by atoms with Gasteiger partial charge in [0.2, 0.25) is 29.3 Å². The molecular weight excluding hydrogens is 600 g/mol. The van der Waals surface area contributed by atoms with Gasteiger partial charge in [-0.1, -0.05) is 66.4 Å². The number of Topliss-reactive ketones (excluding diaryl/α,β-unsaturated/α-hetero) is 2. The fourth-order valence-electron chi connectivity index (χ4n) is 6.46. The van der Waals surface area contributed by atoms with Crippen LogP contribution in [0.4, 0.5) is 0 Å². The first-order valence-corrected chi connectivity index (χ1v) is 16.9. The highest BCUT2D eigenvalue weighted by Crippen LogP contribution is 2.30. The molecule has 2 heterocycles. The number of ketones is 2. The zero-order chi connectivity index (χ0) is 34.7. The molecule has 2 fully saturated rings. The maximum atomic E-state index is 14.3. The predicted molar refractivity (Wildman–Crippen MR) is 177 cm³/mol. The monoisotopic (exact) mass is 652 g/mol. The molecule has 3 N–H and O–H groups in total. The first kappa shape index (κ1) is 37.5. The van der Waals surface area contributed by atoms with Gasteiger partial charge in [0.05, 0.1) is 12.2 Å². The molecule has 0 unspecified atom stereocenters. The SMILES string of the molecule is C=CCCC(=O)C(=O)[C@H](CCC)NC(=O)[C@@H]1C[C@@H](C)CN1C(=O)[C@@H](NC(=O)[C@@H](NC(=O)c1cnccn1)C1CCCCC1)C(C)(C)C. The van der Waals surface area contributed by atoms with Gasteiger partial charge in [0.15, 0.2) is 0 Å². The van der Waals surface area contributed by atoms with Gasteiger partial charge in [0.25, 0.3) is 5.91 Å². The largest absolute Gasteiger partial charge is 0.344 e. The number of nitrogens with zero attached hydrogens (tertiary/aromatic N) is 3. The predicted octanol–water partition coefficient (Wildman–Crippen LogP) is 3.31. The van der Waals surface area contributed by atoms with E-state index in [0.29, 0.717) is 32.2 Å². The molecule has 0 spiro atoms. The van der Waals surface area contributed by atoms with Crippen molar-refractivity contribution in [1.29, 1.82) is 0 Å². The van der Waals surface area contributed by atoms with Gasteiger partial charge in [-0.15, -0.1) is 6.58 Å². The molecule has 1 aliphatic heterocycles. The van der Waals surface area contributed by atoms with Crippen molar-refractivity contribution in [2.45, 2.75) is 123 Å². The van der Waals surface area contributed by atoms with Gasteiger partial charge in [-0.3, -0.25) is 33.8 Å². The molecule has 12 nitrogen and oxygen atoms in total. The number of allylic oxidation sites excluding steroid dienone is 1. The van der Waals surface area contributed by atoms with E-state index in [9.17, 15) is 28.8 Å². The van der Waals surface area contributed by atoms with Gasteiger partial charge < -0.3 is 20.9 Å². The minimum absolute atomic E-state index is 0.0122. The molecule has 258 valence electrons. The smallest absolute Gasteiger partial charge is 0.272 e. The highest BCUT2D eigenvalue weighted by atomic mass is 16.2. The Bertz CT molecular complexity index is 1290. The van der Waals surface area contributed by atoms with Crippen molar-refractivity contribution >= 4 is 35.2 Å². The summed E-state index contributed by atoms with van der Waals surface area (Å²) in [5.74, 6) is -3.25. The van der Waals surface area contributed by atoms with Crippen LogP contribution in [0.25, 0.3) is 0 Å². The quantitative estimate of drug-likeness (QED) is 0.192. The molecule has 4 amide bonds.